The van der Waals surface area contributed by atoms with Gasteiger partial charge in [0.25, 0.3) is 0 Å². The summed E-state index contributed by atoms with van der Waals surface area (Å²) in [7, 11) is 0. The van der Waals surface area contributed by atoms with E-state index in [0.29, 0.717) is 5.54 Å². The van der Waals surface area contributed by atoms with Gasteiger partial charge in [-0.2, -0.15) is 11.8 Å². The Morgan fingerprint density at radius 2 is 1.89 bits per heavy atom. The Morgan fingerprint density at radius 3 is 2.63 bits per heavy atom. The lowest BCUT2D eigenvalue weighted by molar-refractivity contribution is 0.0874. The zero-order chi connectivity index (χ0) is 13.6. The first-order valence-electron chi connectivity index (χ1n) is 8.24. The van der Waals surface area contributed by atoms with Gasteiger partial charge in [-0.15, -0.1) is 0 Å². The molecule has 1 unspecified atom stereocenters. The third-order valence-electron chi connectivity index (χ3n) is 5.01. The number of rotatable bonds is 7. The molecule has 0 aromatic carbocycles. The summed E-state index contributed by atoms with van der Waals surface area (Å²) < 4.78 is 0. The predicted molar refractivity (Wildman–Crippen MR) is 87.1 cm³/mol. The summed E-state index contributed by atoms with van der Waals surface area (Å²) in [5, 5.41) is 3.85. The van der Waals surface area contributed by atoms with Crippen LogP contribution in [0.3, 0.4) is 0 Å². The molecule has 1 heterocycles. The van der Waals surface area contributed by atoms with Gasteiger partial charge in [0.2, 0.25) is 0 Å². The van der Waals surface area contributed by atoms with E-state index in [1.807, 2.05) is 11.8 Å². The molecule has 1 N–H and O–H groups in total. The van der Waals surface area contributed by atoms with Crippen LogP contribution in [-0.2, 0) is 0 Å². The maximum absolute atomic E-state index is 3.85. The van der Waals surface area contributed by atoms with E-state index >= 15 is 0 Å². The maximum atomic E-state index is 3.85. The maximum Gasteiger partial charge on any atom is 0.0309 e. The van der Waals surface area contributed by atoms with Gasteiger partial charge in [-0.1, -0.05) is 25.7 Å². The Labute approximate surface area is 124 Å². The van der Waals surface area contributed by atoms with Crippen LogP contribution in [-0.4, -0.2) is 48.1 Å². The van der Waals surface area contributed by atoms with Crippen molar-refractivity contribution in [2.24, 2.45) is 0 Å². The SMILES string of the molecule is CSCCCCCCN1CC2(CCCC2)NCC1C. The number of hydrogen-bond acceptors (Lipinski definition) is 3. The zero-order valence-electron chi connectivity index (χ0n) is 12.9. The van der Waals surface area contributed by atoms with Gasteiger partial charge in [0.15, 0.2) is 0 Å². The lowest BCUT2D eigenvalue weighted by atomic mass is 9.92. The molecule has 0 bridgehead atoms. The van der Waals surface area contributed by atoms with Crippen molar-refractivity contribution in [1.29, 1.82) is 0 Å². The van der Waals surface area contributed by atoms with Crippen molar-refractivity contribution < 1.29 is 0 Å². The van der Waals surface area contributed by atoms with E-state index in [-0.39, 0.29) is 0 Å². The molecule has 2 aliphatic rings. The molecule has 3 heteroatoms. The average molecular weight is 285 g/mol. The van der Waals surface area contributed by atoms with Crippen LogP contribution in [0.5, 0.6) is 0 Å². The molecule has 1 saturated heterocycles. The van der Waals surface area contributed by atoms with Crippen molar-refractivity contribution in [3.05, 3.63) is 0 Å². The Morgan fingerprint density at radius 1 is 1.16 bits per heavy atom. The molecule has 0 radical (unpaired) electrons. The molecule has 1 aliphatic carbocycles. The van der Waals surface area contributed by atoms with E-state index in [1.165, 1.54) is 76.8 Å². The van der Waals surface area contributed by atoms with Crippen LogP contribution < -0.4 is 5.32 Å². The van der Waals surface area contributed by atoms with E-state index in [2.05, 4.69) is 23.4 Å². The molecule has 2 fully saturated rings. The van der Waals surface area contributed by atoms with Gasteiger partial charge < -0.3 is 5.32 Å². The van der Waals surface area contributed by atoms with Crippen molar-refractivity contribution in [2.75, 3.05) is 31.6 Å². The molecule has 2 nitrogen and oxygen atoms in total. The van der Waals surface area contributed by atoms with E-state index in [1.54, 1.807) is 0 Å². The van der Waals surface area contributed by atoms with Gasteiger partial charge in [-0.05, 0) is 51.2 Å². The van der Waals surface area contributed by atoms with E-state index in [9.17, 15) is 0 Å². The average Bonchev–Trinajstić information content (AvgIpc) is 2.86. The fourth-order valence-electron chi connectivity index (χ4n) is 3.69. The van der Waals surface area contributed by atoms with Crippen LogP contribution in [0.15, 0.2) is 0 Å². The summed E-state index contributed by atoms with van der Waals surface area (Å²) in [4.78, 5) is 2.76. The van der Waals surface area contributed by atoms with Crippen LogP contribution in [0.1, 0.15) is 58.3 Å². The standard InChI is InChI=1S/C16H32N2S/c1-15-13-17-16(9-5-6-10-16)14-18(15)11-7-3-4-8-12-19-2/h15,17H,3-14H2,1-2H3. The topological polar surface area (TPSA) is 15.3 Å². The van der Waals surface area contributed by atoms with Crippen LogP contribution in [0, 0.1) is 0 Å². The summed E-state index contributed by atoms with van der Waals surface area (Å²) in [6, 6.07) is 0.734. The molecule has 1 atom stereocenters. The first-order valence-corrected chi connectivity index (χ1v) is 9.63. The minimum absolute atomic E-state index is 0.491. The van der Waals surface area contributed by atoms with Gasteiger partial charge in [-0.25, -0.2) is 0 Å². The monoisotopic (exact) mass is 284 g/mol. The summed E-state index contributed by atoms with van der Waals surface area (Å²) >= 11 is 1.98. The van der Waals surface area contributed by atoms with Crippen molar-refractivity contribution >= 4 is 11.8 Å². The molecule has 1 aliphatic heterocycles. The van der Waals surface area contributed by atoms with Crippen molar-refractivity contribution in [3.63, 3.8) is 0 Å². The normalized spacial score (nSPS) is 27.2. The van der Waals surface area contributed by atoms with Gasteiger partial charge in [-0.3, -0.25) is 4.90 Å². The van der Waals surface area contributed by atoms with Crippen LogP contribution >= 0.6 is 11.8 Å². The fourth-order valence-corrected chi connectivity index (χ4v) is 4.19. The first kappa shape index (κ1) is 15.7. The molecule has 2 rings (SSSR count). The molecule has 0 amide bonds. The van der Waals surface area contributed by atoms with Gasteiger partial charge >= 0.3 is 0 Å². The lowest BCUT2D eigenvalue weighted by Crippen LogP contribution is -2.62. The van der Waals surface area contributed by atoms with Gasteiger partial charge in [0, 0.05) is 24.7 Å². The highest BCUT2D eigenvalue weighted by Crippen LogP contribution is 2.33. The molecule has 1 saturated carbocycles. The fraction of sp³-hybridized carbons (Fsp3) is 1.00. The minimum atomic E-state index is 0.491. The second-order valence-corrected chi connectivity index (χ2v) is 7.58. The van der Waals surface area contributed by atoms with Gasteiger partial charge in [0.05, 0.1) is 0 Å². The van der Waals surface area contributed by atoms with Crippen molar-refractivity contribution in [3.8, 4) is 0 Å². The van der Waals surface area contributed by atoms with E-state index < -0.39 is 0 Å². The Bertz CT molecular complexity index is 251. The number of hydrogen-bond donors (Lipinski definition) is 1. The van der Waals surface area contributed by atoms with Crippen LogP contribution in [0.2, 0.25) is 0 Å². The molecule has 112 valence electrons. The zero-order valence-corrected chi connectivity index (χ0v) is 13.7. The number of nitrogens with one attached hydrogen (secondary N) is 1. The van der Waals surface area contributed by atoms with Crippen LogP contribution in [0.25, 0.3) is 0 Å². The number of thioether (sulfide) groups is 1. The second-order valence-electron chi connectivity index (χ2n) is 6.59. The smallest absolute Gasteiger partial charge is 0.0309 e. The summed E-state index contributed by atoms with van der Waals surface area (Å²) in [5.74, 6) is 1.34. The highest BCUT2D eigenvalue weighted by molar-refractivity contribution is 7.98. The summed E-state index contributed by atoms with van der Waals surface area (Å²) in [6.45, 7) is 6.22. The number of unbranched alkanes of at least 4 members (excludes halogenated alkanes) is 3. The van der Waals surface area contributed by atoms with Crippen molar-refractivity contribution in [2.45, 2.75) is 69.9 Å². The molecule has 19 heavy (non-hydrogen) atoms. The minimum Gasteiger partial charge on any atom is -0.308 e. The highest BCUT2D eigenvalue weighted by Gasteiger charge is 2.39. The predicted octanol–water partition coefficient (Wildman–Crippen LogP) is 3.52. The number of piperazine rings is 1. The van der Waals surface area contributed by atoms with E-state index in [0.717, 1.165) is 6.04 Å². The third kappa shape index (κ3) is 4.64. The molecule has 0 aromatic heterocycles. The lowest BCUT2D eigenvalue weighted by Gasteiger charge is -2.45. The quantitative estimate of drug-likeness (QED) is 0.720. The molecular formula is C16H32N2S. The van der Waals surface area contributed by atoms with Crippen LogP contribution in [0.4, 0.5) is 0 Å². The van der Waals surface area contributed by atoms with Crippen molar-refractivity contribution in [1.82, 2.24) is 10.2 Å². The Balaban J connectivity index is 1.66. The Kier molecular flexibility index (Phi) is 6.51. The van der Waals surface area contributed by atoms with Gasteiger partial charge in [0.1, 0.15) is 0 Å². The molecule has 0 aromatic rings. The summed E-state index contributed by atoms with van der Waals surface area (Å²) in [5.41, 5.74) is 0.491. The highest BCUT2D eigenvalue weighted by atomic mass is 32.2. The second kappa shape index (κ2) is 7.90. The largest absolute Gasteiger partial charge is 0.308 e. The first-order chi connectivity index (χ1) is 9.26. The molecular weight excluding hydrogens is 252 g/mol. The van der Waals surface area contributed by atoms with E-state index in [4.69, 9.17) is 0 Å². The Hall–Kier alpha value is 0.270. The third-order valence-corrected chi connectivity index (χ3v) is 5.70. The molecule has 1 spiro atoms. The number of nitrogens with zero attached hydrogens (tertiary/aromatic N) is 1. The summed E-state index contributed by atoms with van der Waals surface area (Å²) in [6.07, 6.45) is 13.5.